The normalized spacial score (nSPS) is 16.4. The Hall–Kier alpha value is -2.92. The summed E-state index contributed by atoms with van der Waals surface area (Å²) in [6, 6.07) is 19.5. The summed E-state index contributed by atoms with van der Waals surface area (Å²) in [5, 5.41) is 11.2. The van der Waals surface area contributed by atoms with Crippen molar-refractivity contribution in [2.75, 3.05) is 18.0 Å². The molecule has 1 N–H and O–H groups in total. The van der Waals surface area contributed by atoms with Crippen LogP contribution < -0.4 is 10.2 Å². The summed E-state index contributed by atoms with van der Waals surface area (Å²) >= 11 is 1.67. The fourth-order valence-electron chi connectivity index (χ4n) is 4.59. The summed E-state index contributed by atoms with van der Waals surface area (Å²) in [4.78, 5) is 19.5. The number of carbonyl (C=O) groups is 1. The first-order valence-corrected chi connectivity index (χ1v) is 11.5. The van der Waals surface area contributed by atoms with Crippen molar-refractivity contribution in [2.45, 2.75) is 31.7 Å². The number of anilines is 1. The van der Waals surface area contributed by atoms with Crippen LogP contribution in [0.3, 0.4) is 0 Å². The van der Waals surface area contributed by atoms with Crippen LogP contribution in [0.5, 0.6) is 0 Å². The maximum atomic E-state index is 12.7. The number of aryl methyl sites for hydroxylation is 1. The lowest BCUT2D eigenvalue weighted by molar-refractivity contribution is -0.121. The minimum atomic E-state index is 0.123. The molecule has 1 aliphatic heterocycles. The number of amides is 1. The number of hydrogen-bond donors (Lipinski definition) is 1. The Balaban J connectivity index is 1.28. The van der Waals surface area contributed by atoms with E-state index in [1.54, 1.807) is 11.3 Å². The van der Waals surface area contributed by atoms with Crippen molar-refractivity contribution >= 4 is 43.9 Å². The molecule has 3 aromatic carbocycles. The van der Waals surface area contributed by atoms with Crippen LogP contribution in [0.4, 0.5) is 5.13 Å². The van der Waals surface area contributed by atoms with Crippen molar-refractivity contribution in [3.63, 3.8) is 0 Å². The number of benzene rings is 3. The Kier molecular flexibility index (Phi) is 5.37. The summed E-state index contributed by atoms with van der Waals surface area (Å²) in [5.74, 6) is 0.123. The number of rotatable bonds is 6. The molecule has 5 rings (SSSR count). The molecule has 1 aromatic heterocycles. The Labute approximate surface area is 180 Å². The van der Waals surface area contributed by atoms with E-state index in [1.807, 2.05) is 11.6 Å². The molecule has 4 nitrogen and oxygen atoms in total. The van der Waals surface area contributed by atoms with Gasteiger partial charge in [0.2, 0.25) is 5.91 Å². The summed E-state index contributed by atoms with van der Waals surface area (Å²) in [7, 11) is 0. The van der Waals surface area contributed by atoms with Crippen LogP contribution in [0.2, 0.25) is 0 Å². The lowest BCUT2D eigenvalue weighted by Gasteiger charge is -2.24. The standard InChI is InChI=1S/C25H25N3OS/c29-24(27-17-20-8-5-14-28(20)25-26-13-15-30-25)12-11-23-21-9-3-1-6-18(21)16-19-7-2-4-10-22(19)23/h1-4,6-7,9-10,13,15-16,20H,5,8,11-12,14,17H2,(H,27,29). The smallest absolute Gasteiger partial charge is 0.220 e. The van der Waals surface area contributed by atoms with Crippen molar-refractivity contribution in [3.05, 3.63) is 71.7 Å². The van der Waals surface area contributed by atoms with Gasteiger partial charge in [-0.15, -0.1) is 11.3 Å². The second-order valence-electron chi connectivity index (χ2n) is 7.91. The molecule has 0 bridgehead atoms. The predicted molar refractivity (Wildman–Crippen MR) is 125 cm³/mol. The molecule has 1 saturated heterocycles. The molecule has 1 fully saturated rings. The van der Waals surface area contributed by atoms with Crippen LogP contribution in [0.15, 0.2) is 66.2 Å². The van der Waals surface area contributed by atoms with E-state index in [0.717, 1.165) is 30.9 Å². The van der Waals surface area contributed by atoms with Crippen molar-refractivity contribution in [1.29, 1.82) is 0 Å². The summed E-state index contributed by atoms with van der Waals surface area (Å²) in [6.45, 7) is 1.71. The molecule has 0 aliphatic carbocycles. The second-order valence-corrected chi connectivity index (χ2v) is 8.78. The lowest BCUT2D eigenvalue weighted by Crippen LogP contribution is -2.40. The first-order valence-electron chi connectivity index (χ1n) is 10.6. The van der Waals surface area contributed by atoms with E-state index in [-0.39, 0.29) is 5.91 Å². The summed E-state index contributed by atoms with van der Waals surface area (Å²) < 4.78 is 0. The number of aromatic nitrogens is 1. The maximum absolute atomic E-state index is 12.7. The van der Waals surface area contributed by atoms with Crippen molar-refractivity contribution in [1.82, 2.24) is 10.3 Å². The van der Waals surface area contributed by atoms with Gasteiger partial charge in [-0.05, 0) is 52.4 Å². The highest BCUT2D eigenvalue weighted by atomic mass is 32.1. The molecule has 4 aromatic rings. The van der Waals surface area contributed by atoms with Crippen molar-refractivity contribution < 1.29 is 4.79 Å². The number of hydrogen-bond acceptors (Lipinski definition) is 4. The van der Waals surface area contributed by atoms with Gasteiger partial charge in [-0.1, -0.05) is 48.5 Å². The van der Waals surface area contributed by atoms with Gasteiger partial charge in [-0.3, -0.25) is 4.79 Å². The van der Waals surface area contributed by atoms with Gasteiger partial charge in [-0.25, -0.2) is 4.98 Å². The number of carbonyl (C=O) groups excluding carboxylic acids is 1. The van der Waals surface area contributed by atoms with Crippen LogP contribution in [0, 0.1) is 0 Å². The fourth-order valence-corrected chi connectivity index (χ4v) is 5.33. The van der Waals surface area contributed by atoms with Gasteiger partial charge in [-0.2, -0.15) is 0 Å². The van der Waals surface area contributed by atoms with E-state index in [2.05, 4.69) is 69.8 Å². The third-order valence-corrected chi connectivity index (χ3v) is 6.87. The molecule has 152 valence electrons. The zero-order chi connectivity index (χ0) is 20.3. The largest absolute Gasteiger partial charge is 0.354 e. The minimum absolute atomic E-state index is 0.123. The molecule has 2 heterocycles. The van der Waals surface area contributed by atoms with Crippen LogP contribution >= 0.6 is 11.3 Å². The minimum Gasteiger partial charge on any atom is -0.354 e. The van der Waals surface area contributed by atoms with Crippen LogP contribution in [-0.4, -0.2) is 30.0 Å². The first-order chi connectivity index (χ1) is 14.8. The van der Waals surface area contributed by atoms with Crippen LogP contribution in [0.25, 0.3) is 21.5 Å². The van der Waals surface area contributed by atoms with Crippen molar-refractivity contribution in [3.8, 4) is 0 Å². The zero-order valence-electron chi connectivity index (χ0n) is 16.9. The average Bonchev–Trinajstić information content (AvgIpc) is 3.46. The van der Waals surface area contributed by atoms with E-state index in [0.29, 0.717) is 19.0 Å². The number of fused-ring (bicyclic) bond motifs is 2. The SMILES string of the molecule is O=C(CCc1c2ccccc2cc2ccccc12)NCC1CCCN1c1nccs1. The van der Waals surface area contributed by atoms with Gasteiger partial charge < -0.3 is 10.2 Å². The average molecular weight is 416 g/mol. The maximum Gasteiger partial charge on any atom is 0.220 e. The molecule has 0 spiro atoms. The lowest BCUT2D eigenvalue weighted by atomic mass is 9.94. The third-order valence-electron chi connectivity index (χ3n) is 6.06. The molecular formula is C25H25N3OS. The molecular weight excluding hydrogens is 390 g/mol. The third kappa shape index (κ3) is 3.77. The van der Waals surface area contributed by atoms with E-state index in [1.165, 1.54) is 27.1 Å². The molecule has 1 unspecified atom stereocenters. The molecule has 5 heteroatoms. The Morgan fingerprint density at radius 3 is 2.53 bits per heavy atom. The quantitative estimate of drug-likeness (QED) is 0.442. The molecule has 1 amide bonds. The summed E-state index contributed by atoms with van der Waals surface area (Å²) in [5.41, 5.74) is 1.27. The van der Waals surface area contributed by atoms with Gasteiger partial charge in [0.05, 0.1) is 0 Å². The zero-order valence-corrected chi connectivity index (χ0v) is 17.7. The van der Waals surface area contributed by atoms with Gasteiger partial charge in [0.1, 0.15) is 0 Å². The highest BCUT2D eigenvalue weighted by molar-refractivity contribution is 7.13. The molecule has 1 aliphatic rings. The first kappa shape index (κ1) is 19.1. The molecule has 1 atom stereocenters. The predicted octanol–water partition coefficient (Wildman–Crippen LogP) is 5.17. The molecule has 30 heavy (non-hydrogen) atoms. The van der Waals surface area contributed by atoms with Crippen molar-refractivity contribution in [2.24, 2.45) is 0 Å². The van der Waals surface area contributed by atoms with E-state index in [4.69, 9.17) is 0 Å². The number of nitrogens with zero attached hydrogens (tertiary/aromatic N) is 2. The number of nitrogens with one attached hydrogen (secondary N) is 1. The van der Waals surface area contributed by atoms with E-state index >= 15 is 0 Å². The molecule has 0 radical (unpaired) electrons. The Morgan fingerprint density at radius 2 is 1.83 bits per heavy atom. The van der Waals surface area contributed by atoms with Gasteiger partial charge in [0.25, 0.3) is 0 Å². The second kappa shape index (κ2) is 8.44. The van der Waals surface area contributed by atoms with Gasteiger partial charge in [0.15, 0.2) is 5.13 Å². The Morgan fingerprint density at radius 1 is 1.10 bits per heavy atom. The van der Waals surface area contributed by atoms with Crippen LogP contribution in [-0.2, 0) is 11.2 Å². The fraction of sp³-hybridized carbons (Fsp3) is 0.280. The monoisotopic (exact) mass is 415 g/mol. The van der Waals surface area contributed by atoms with Crippen LogP contribution in [0.1, 0.15) is 24.8 Å². The highest BCUT2D eigenvalue weighted by Crippen LogP contribution is 2.30. The number of thiazole rings is 1. The van der Waals surface area contributed by atoms with Gasteiger partial charge in [0, 0.05) is 37.1 Å². The Bertz CT molecular complexity index is 1120. The summed E-state index contributed by atoms with van der Waals surface area (Å²) in [6.07, 6.45) is 5.36. The topological polar surface area (TPSA) is 45.2 Å². The van der Waals surface area contributed by atoms with Gasteiger partial charge >= 0.3 is 0 Å². The van der Waals surface area contributed by atoms with E-state index < -0.39 is 0 Å². The molecule has 0 saturated carbocycles. The highest BCUT2D eigenvalue weighted by Gasteiger charge is 2.26. The van der Waals surface area contributed by atoms with E-state index in [9.17, 15) is 4.79 Å².